The van der Waals surface area contributed by atoms with Gasteiger partial charge in [0.25, 0.3) is 0 Å². The van der Waals surface area contributed by atoms with Gasteiger partial charge >= 0.3 is 5.97 Å². The molecule has 132 valence electrons. The monoisotopic (exact) mass is 341 g/mol. The molecule has 0 aliphatic carbocycles. The number of fused-ring (bicyclic) bond motifs is 1. The van der Waals surface area contributed by atoms with Gasteiger partial charge < -0.3 is 14.4 Å². The Bertz CT molecular complexity index is 749. The molecule has 2 aromatic rings. The maximum absolute atomic E-state index is 12.5. The number of hydrogen-bond donors (Lipinski definition) is 0. The minimum atomic E-state index is -0.340. The molecule has 0 saturated heterocycles. The lowest BCUT2D eigenvalue weighted by atomic mass is 10.0. The third-order valence-corrected chi connectivity index (χ3v) is 3.92. The van der Waals surface area contributed by atoms with Gasteiger partial charge in [0.2, 0.25) is 5.91 Å². The van der Waals surface area contributed by atoms with E-state index in [1.54, 1.807) is 12.0 Å². The van der Waals surface area contributed by atoms with Gasteiger partial charge in [-0.1, -0.05) is 42.5 Å². The number of carbonyl (C=O) groups excluding carboxylic acids is 2. The van der Waals surface area contributed by atoms with E-state index in [0.29, 0.717) is 19.7 Å². The minimum Gasteiger partial charge on any atom is -0.469 e. The van der Waals surface area contributed by atoms with Crippen molar-refractivity contribution in [1.29, 1.82) is 0 Å². The van der Waals surface area contributed by atoms with Crippen LogP contribution in [0, 0.1) is 0 Å². The molecule has 0 saturated carbocycles. The maximum atomic E-state index is 12.5. The van der Waals surface area contributed by atoms with Crippen molar-refractivity contribution in [2.75, 3.05) is 33.9 Å². The highest BCUT2D eigenvalue weighted by Gasteiger charge is 2.12. The number of nitrogens with zero attached hydrogens (tertiary/aromatic N) is 1. The fraction of sp³-hybridized carbons (Fsp3) is 0.300. The normalized spacial score (nSPS) is 11.0. The molecule has 0 aromatic heterocycles. The summed E-state index contributed by atoms with van der Waals surface area (Å²) in [4.78, 5) is 25.4. The van der Waals surface area contributed by atoms with Gasteiger partial charge in [-0.25, -0.2) is 0 Å². The fourth-order valence-corrected chi connectivity index (χ4v) is 2.52. The Hall–Kier alpha value is -2.66. The second-order valence-corrected chi connectivity index (χ2v) is 5.55. The molecule has 0 fully saturated rings. The first-order valence-electron chi connectivity index (χ1n) is 8.16. The molecule has 0 N–H and O–H groups in total. The van der Waals surface area contributed by atoms with Gasteiger partial charge in [-0.15, -0.1) is 0 Å². The summed E-state index contributed by atoms with van der Waals surface area (Å²) in [7, 11) is 2.92. The highest BCUT2D eigenvalue weighted by molar-refractivity contribution is 5.96. The van der Waals surface area contributed by atoms with Crippen molar-refractivity contribution in [2.45, 2.75) is 6.42 Å². The Labute approximate surface area is 147 Å². The van der Waals surface area contributed by atoms with E-state index in [-0.39, 0.29) is 18.3 Å². The number of ether oxygens (including phenoxy) is 2. The zero-order chi connectivity index (χ0) is 18.1. The summed E-state index contributed by atoms with van der Waals surface area (Å²) >= 11 is 0. The molecule has 2 aromatic carbocycles. The molecule has 0 unspecified atom stereocenters. The lowest BCUT2D eigenvalue weighted by Gasteiger charge is -2.20. The van der Waals surface area contributed by atoms with Gasteiger partial charge in [0.05, 0.1) is 20.1 Å². The van der Waals surface area contributed by atoms with Gasteiger partial charge in [0, 0.05) is 26.3 Å². The quantitative estimate of drug-likeness (QED) is 0.547. The number of carbonyl (C=O) groups is 2. The van der Waals surface area contributed by atoms with E-state index in [1.165, 1.54) is 13.2 Å². The van der Waals surface area contributed by atoms with Crippen LogP contribution in [0.4, 0.5) is 0 Å². The van der Waals surface area contributed by atoms with E-state index >= 15 is 0 Å². The summed E-state index contributed by atoms with van der Waals surface area (Å²) in [5.41, 5.74) is 0.978. The Morgan fingerprint density at radius 2 is 1.80 bits per heavy atom. The van der Waals surface area contributed by atoms with Crippen LogP contribution in [0.2, 0.25) is 0 Å². The number of hydrogen-bond acceptors (Lipinski definition) is 4. The lowest BCUT2D eigenvalue weighted by Crippen LogP contribution is -2.34. The van der Waals surface area contributed by atoms with Crippen LogP contribution < -0.4 is 0 Å². The first-order valence-corrected chi connectivity index (χ1v) is 8.16. The van der Waals surface area contributed by atoms with Crippen molar-refractivity contribution >= 4 is 28.7 Å². The Morgan fingerprint density at radius 3 is 2.56 bits per heavy atom. The van der Waals surface area contributed by atoms with Crippen LogP contribution in [0.5, 0.6) is 0 Å². The van der Waals surface area contributed by atoms with Crippen LogP contribution in [0.1, 0.15) is 12.0 Å². The molecule has 2 rings (SSSR count). The van der Waals surface area contributed by atoms with Crippen molar-refractivity contribution in [3.63, 3.8) is 0 Å². The van der Waals surface area contributed by atoms with E-state index in [0.717, 1.165) is 16.3 Å². The largest absolute Gasteiger partial charge is 0.469 e. The van der Waals surface area contributed by atoms with E-state index < -0.39 is 0 Å². The number of methoxy groups -OCH3 is 2. The first-order chi connectivity index (χ1) is 12.2. The van der Waals surface area contributed by atoms with Crippen molar-refractivity contribution < 1.29 is 19.1 Å². The lowest BCUT2D eigenvalue weighted by molar-refractivity contribution is -0.141. The number of amides is 1. The van der Waals surface area contributed by atoms with Gasteiger partial charge in [0.15, 0.2) is 0 Å². The second kappa shape index (κ2) is 9.59. The van der Waals surface area contributed by atoms with E-state index in [4.69, 9.17) is 4.74 Å². The molecule has 0 radical (unpaired) electrons. The zero-order valence-electron chi connectivity index (χ0n) is 14.6. The first kappa shape index (κ1) is 18.7. The molecule has 0 aliphatic heterocycles. The van der Waals surface area contributed by atoms with Crippen LogP contribution >= 0.6 is 0 Å². The zero-order valence-corrected chi connectivity index (χ0v) is 14.6. The number of rotatable bonds is 8. The average molecular weight is 341 g/mol. The summed E-state index contributed by atoms with van der Waals surface area (Å²) in [6.45, 7) is 1.13. The van der Waals surface area contributed by atoms with Crippen LogP contribution in [-0.4, -0.2) is 50.7 Å². The molecule has 0 bridgehead atoms. The molecule has 0 aliphatic rings. The average Bonchev–Trinajstić information content (AvgIpc) is 2.65. The molecular weight excluding hydrogens is 318 g/mol. The highest BCUT2D eigenvalue weighted by atomic mass is 16.5. The Kier molecular flexibility index (Phi) is 7.16. The molecule has 5 nitrogen and oxygen atoms in total. The fourth-order valence-electron chi connectivity index (χ4n) is 2.52. The SMILES string of the molecule is COCCN(CCC(=O)OC)C(=O)/C=C/c1cccc2ccccc12. The molecule has 1 amide bonds. The molecule has 25 heavy (non-hydrogen) atoms. The molecule has 5 heteroatoms. The van der Waals surface area contributed by atoms with E-state index in [9.17, 15) is 9.59 Å². The van der Waals surface area contributed by atoms with Crippen LogP contribution in [-0.2, 0) is 19.1 Å². The summed E-state index contributed by atoms with van der Waals surface area (Å²) in [5, 5.41) is 2.21. The highest BCUT2D eigenvalue weighted by Crippen LogP contribution is 2.19. The maximum Gasteiger partial charge on any atom is 0.307 e. The predicted molar refractivity (Wildman–Crippen MR) is 98.1 cm³/mol. The van der Waals surface area contributed by atoms with Gasteiger partial charge in [-0.2, -0.15) is 0 Å². The summed E-state index contributed by atoms with van der Waals surface area (Å²) < 4.78 is 9.68. The predicted octanol–water partition coefficient (Wildman–Crippen LogP) is 2.89. The molecular formula is C20H23NO4. The van der Waals surface area contributed by atoms with Crippen LogP contribution in [0.25, 0.3) is 16.8 Å². The minimum absolute atomic E-state index is 0.158. The van der Waals surface area contributed by atoms with Crippen molar-refractivity contribution in [2.24, 2.45) is 0 Å². The molecule has 0 spiro atoms. The van der Waals surface area contributed by atoms with Gasteiger partial charge in [-0.3, -0.25) is 9.59 Å². The van der Waals surface area contributed by atoms with Gasteiger partial charge in [0.1, 0.15) is 0 Å². The molecule has 0 heterocycles. The van der Waals surface area contributed by atoms with Crippen molar-refractivity contribution in [3.8, 4) is 0 Å². The third kappa shape index (κ3) is 5.43. The Balaban J connectivity index is 2.12. The summed E-state index contributed by atoms with van der Waals surface area (Å²) in [6, 6.07) is 14.0. The molecule has 0 atom stereocenters. The topological polar surface area (TPSA) is 55.8 Å². The third-order valence-electron chi connectivity index (χ3n) is 3.92. The van der Waals surface area contributed by atoms with Gasteiger partial charge in [-0.05, 0) is 22.4 Å². The second-order valence-electron chi connectivity index (χ2n) is 5.55. The summed E-state index contributed by atoms with van der Waals surface area (Å²) in [5.74, 6) is -0.498. The van der Waals surface area contributed by atoms with Crippen LogP contribution in [0.3, 0.4) is 0 Å². The van der Waals surface area contributed by atoms with Crippen LogP contribution in [0.15, 0.2) is 48.5 Å². The van der Waals surface area contributed by atoms with Crippen molar-refractivity contribution in [3.05, 3.63) is 54.1 Å². The Morgan fingerprint density at radius 1 is 1.04 bits per heavy atom. The van der Waals surface area contributed by atoms with Crippen molar-refractivity contribution in [1.82, 2.24) is 4.90 Å². The number of esters is 1. The standard InChI is InChI=1S/C20H23NO4/c1-24-15-14-21(13-12-20(23)25-2)19(22)11-10-17-8-5-7-16-6-3-4-9-18(16)17/h3-11H,12-15H2,1-2H3/b11-10+. The van der Waals surface area contributed by atoms with E-state index in [2.05, 4.69) is 4.74 Å². The smallest absolute Gasteiger partial charge is 0.307 e. The summed E-state index contributed by atoms with van der Waals surface area (Å²) in [6.07, 6.45) is 3.51. The number of benzene rings is 2. The van der Waals surface area contributed by atoms with E-state index in [1.807, 2.05) is 48.5 Å².